The molecule has 1 atom stereocenters. The number of nitrogens with one attached hydrogen (secondary N) is 1. The van der Waals surface area contributed by atoms with Gasteiger partial charge in [-0.05, 0) is 42.5 Å². The fraction of sp³-hybridized carbons (Fsp3) is 0.464. The van der Waals surface area contributed by atoms with Gasteiger partial charge in [-0.3, -0.25) is 9.59 Å². The van der Waals surface area contributed by atoms with Crippen molar-refractivity contribution in [2.24, 2.45) is 11.8 Å². The first-order chi connectivity index (χ1) is 19.4. The van der Waals surface area contributed by atoms with Gasteiger partial charge in [0.15, 0.2) is 17.0 Å². The van der Waals surface area contributed by atoms with Gasteiger partial charge in [-0.15, -0.1) is 0 Å². The predicted octanol–water partition coefficient (Wildman–Crippen LogP) is 2.50. The zero-order valence-corrected chi connectivity index (χ0v) is 24.1. The number of amides is 1. The maximum atomic E-state index is 13.0. The average molecular weight is 567 g/mol. The molecule has 0 unspecified atom stereocenters. The van der Waals surface area contributed by atoms with Crippen molar-refractivity contribution in [3.05, 3.63) is 41.7 Å². The van der Waals surface area contributed by atoms with Crippen molar-refractivity contribution in [3.8, 4) is 0 Å². The van der Waals surface area contributed by atoms with E-state index in [1.54, 1.807) is 30.5 Å². The molecule has 0 bridgehead atoms. The lowest BCUT2D eigenvalue weighted by Gasteiger charge is -2.20. The van der Waals surface area contributed by atoms with Gasteiger partial charge in [-0.1, -0.05) is 27.7 Å². The number of fused-ring (bicyclic) bond motifs is 1. The summed E-state index contributed by atoms with van der Waals surface area (Å²) in [6.45, 7) is 8.59. The molecule has 3 rings (SSSR count). The van der Waals surface area contributed by atoms with E-state index in [1.807, 2.05) is 39.6 Å². The van der Waals surface area contributed by atoms with Gasteiger partial charge in [0.1, 0.15) is 6.04 Å². The summed E-state index contributed by atoms with van der Waals surface area (Å²) in [5, 5.41) is 2.71. The number of nitrogens with zero attached hydrogens (tertiary/aromatic N) is 5. The lowest BCUT2D eigenvalue weighted by Crippen LogP contribution is -2.42. The number of anilines is 3. The number of ether oxygens (including phenoxy) is 2. The van der Waals surface area contributed by atoms with Crippen LogP contribution in [0.3, 0.4) is 0 Å². The van der Waals surface area contributed by atoms with Crippen molar-refractivity contribution < 1.29 is 23.9 Å². The largest absolute Gasteiger partial charge is 0.465 e. The van der Waals surface area contributed by atoms with Crippen LogP contribution in [0.15, 0.2) is 30.5 Å². The molecule has 0 saturated heterocycles. The Balaban J connectivity index is 1.65. The molecule has 0 aliphatic carbocycles. The van der Waals surface area contributed by atoms with Crippen LogP contribution in [0.25, 0.3) is 11.2 Å². The minimum atomic E-state index is -0.992. The number of benzene rings is 1. The molecule has 3 aromatic rings. The second-order valence-corrected chi connectivity index (χ2v) is 10.6. The number of carbonyl (C=O) groups is 3. The van der Waals surface area contributed by atoms with Crippen molar-refractivity contribution in [2.75, 3.05) is 36.6 Å². The van der Waals surface area contributed by atoms with Gasteiger partial charge >= 0.3 is 11.9 Å². The van der Waals surface area contributed by atoms with Gasteiger partial charge < -0.3 is 31.2 Å². The number of nitrogen functional groups attached to an aromatic ring is 2. The number of carbonyl (C=O) groups excluding carboxylic acids is 3. The van der Waals surface area contributed by atoms with Crippen LogP contribution < -0.4 is 21.7 Å². The van der Waals surface area contributed by atoms with Crippen molar-refractivity contribution in [1.82, 2.24) is 25.3 Å². The van der Waals surface area contributed by atoms with E-state index in [1.165, 1.54) is 0 Å². The Kier molecular flexibility index (Phi) is 10.7. The summed E-state index contributed by atoms with van der Waals surface area (Å²) < 4.78 is 10.5. The molecule has 13 heteroatoms. The summed E-state index contributed by atoms with van der Waals surface area (Å²) >= 11 is 0. The summed E-state index contributed by atoms with van der Waals surface area (Å²) in [5.41, 5.74) is 14.0. The van der Waals surface area contributed by atoms with E-state index < -0.39 is 23.9 Å². The molecule has 0 saturated carbocycles. The monoisotopic (exact) mass is 566 g/mol. The Bertz CT molecular complexity index is 1360. The second-order valence-electron chi connectivity index (χ2n) is 10.6. The molecule has 1 amide bonds. The van der Waals surface area contributed by atoms with Crippen LogP contribution in [0, 0.1) is 11.8 Å². The Morgan fingerprint density at radius 1 is 0.951 bits per heavy atom. The van der Waals surface area contributed by atoms with E-state index in [2.05, 4.69) is 25.3 Å². The van der Waals surface area contributed by atoms with Gasteiger partial charge in [-0.2, -0.15) is 9.97 Å². The summed E-state index contributed by atoms with van der Waals surface area (Å²) in [6, 6.07) is 5.85. The number of hydrogen-bond acceptors (Lipinski definition) is 12. The third-order valence-electron chi connectivity index (χ3n) is 5.83. The van der Waals surface area contributed by atoms with E-state index in [0.29, 0.717) is 35.6 Å². The maximum absolute atomic E-state index is 13.0. The highest BCUT2D eigenvalue weighted by atomic mass is 16.5. The Hall–Kier alpha value is -4.55. The van der Waals surface area contributed by atoms with Crippen LogP contribution in [0.1, 0.15) is 56.6 Å². The van der Waals surface area contributed by atoms with E-state index in [-0.39, 0.29) is 43.1 Å². The first-order valence-corrected chi connectivity index (χ1v) is 13.4. The van der Waals surface area contributed by atoms with Crippen molar-refractivity contribution >= 4 is 46.5 Å². The molecule has 220 valence electrons. The zero-order valence-electron chi connectivity index (χ0n) is 24.1. The quantitative estimate of drug-likeness (QED) is 0.257. The molecule has 2 heterocycles. The van der Waals surface area contributed by atoms with Crippen molar-refractivity contribution in [1.29, 1.82) is 0 Å². The van der Waals surface area contributed by atoms with Gasteiger partial charge in [0.25, 0.3) is 5.91 Å². The highest BCUT2D eigenvalue weighted by molar-refractivity contribution is 5.97. The third-order valence-corrected chi connectivity index (χ3v) is 5.83. The van der Waals surface area contributed by atoms with Gasteiger partial charge in [-0.25, -0.2) is 14.8 Å². The van der Waals surface area contributed by atoms with Crippen LogP contribution in [0.2, 0.25) is 0 Å². The van der Waals surface area contributed by atoms with Crippen LogP contribution in [-0.2, 0) is 25.6 Å². The van der Waals surface area contributed by atoms with Gasteiger partial charge in [0.05, 0.1) is 31.6 Å². The summed E-state index contributed by atoms with van der Waals surface area (Å²) in [6.07, 6.45) is 1.63. The normalized spacial score (nSPS) is 11.9. The van der Waals surface area contributed by atoms with Crippen LogP contribution in [-0.4, -0.2) is 64.1 Å². The van der Waals surface area contributed by atoms with Crippen molar-refractivity contribution in [3.63, 3.8) is 0 Å². The minimum Gasteiger partial charge on any atom is -0.465 e. The molecule has 41 heavy (non-hydrogen) atoms. The van der Waals surface area contributed by atoms with Crippen molar-refractivity contribution in [2.45, 2.75) is 53.1 Å². The summed E-state index contributed by atoms with van der Waals surface area (Å²) in [4.78, 5) is 56.5. The molecule has 13 nitrogen and oxygen atoms in total. The predicted molar refractivity (Wildman–Crippen MR) is 155 cm³/mol. The lowest BCUT2D eigenvalue weighted by atomic mass is 10.1. The smallest absolute Gasteiger partial charge is 0.328 e. The minimum absolute atomic E-state index is 0.0268. The number of hydrogen-bond donors (Lipinski definition) is 3. The molecule has 0 radical (unpaired) electrons. The number of esters is 2. The first kappa shape index (κ1) is 31.0. The SMILES string of the molecule is CC(C)COC(=O)CC[C@H](NC(=O)c1ccc(N(C)Cc2cnc3nc(N)nc(N)c3n2)cc1)C(=O)OCC(C)C. The summed E-state index contributed by atoms with van der Waals surface area (Å²) in [7, 11) is 1.86. The molecule has 1 aromatic carbocycles. The van der Waals surface area contributed by atoms with E-state index in [0.717, 1.165) is 5.69 Å². The first-order valence-electron chi connectivity index (χ1n) is 13.4. The zero-order chi connectivity index (χ0) is 30.1. The van der Waals surface area contributed by atoms with E-state index in [9.17, 15) is 14.4 Å². The summed E-state index contributed by atoms with van der Waals surface area (Å²) in [5.74, 6) is -0.985. The fourth-order valence-electron chi connectivity index (χ4n) is 3.69. The van der Waals surface area contributed by atoms with E-state index in [4.69, 9.17) is 20.9 Å². The maximum Gasteiger partial charge on any atom is 0.328 e. The third kappa shape index (κ3) is 9.26. The molecular formula is C28H38N8O5. The number of rotatable bonds is 13. The number of nitrogens with two attached hydrogens (primary N) is 2. The highest BCUT2D eigenvalue weighted by Crippen LogP contribution is 2.19. The van der Waals surface area contributed by atoms with Crippen LogP contribution in [0.4, 0.5) is 17.5 Å². The molecule has 0 spiro atoms. The fourth-order valence-corrected chi connectivity index (χ4v) is 3.69. The molecule has 0 aliphatic rings. The standard InChI is InChI=1S/C28H38N8O5/c1-16(2)14-40-22(37)11-10-21(27(39)41-15-17(3)4)33-26(38)18-6-8-20(9-7-18)36(5)13-19-12-31-25-23(32-19)24(29)34-28(30)35-25/h6-9,12,16-17,21H,10-11,13-15H2,1-5H3,(H,33,38)(H4,29,30,31,34,35)/t21-/m0/s1. The topological polar surface area (TPSA) is 189 Å². The highest BCUT2D eigenvalue weighted by Gasteiger charge is 2.25. The molecule has 2 aromatic heterocycles. The van der Waals surface area contributed by atoms with Crippen LogP contribution >= 0.6 is 0 Å². The van der Waals surface area contributed by atoms with Gasteiger partial charge in [0, 0.05) is 24.7 Å². The van der Waals surface area contributed by atoms with Crippen LogP contribution in [0.5, 0.6) is 0 Å². The van der Waals surface area contributed by atoms with E-state index >= 15 is 0 Å². The Morgan fingerprint density at radius 2 is 1.61 bits per heavy atom. The van der Waals surface area contributed by atoms with Gasteiger partial charge in [0.2, 0.25) is 5.95 Å². The molecule has 0 aliphatic heterocycles. The Labute approximate surface area is 239 Å². The molecular weight excluding hydrogens is 528 g/mol. The Morgan fingerprint density at radius 3 is 2.27 bits per heavy atom. The lowest BCUT2D eigenvalue weighted by molar-refractivity contribution is -0.148. The second kappa shape index (κ2) is 14.2. The molecule has 0 fully saturated rings. The average Bonchev–Trinajstić information content (AvgIpc) is 2.92. The number of aromatic nitrogens is 4. The molecule has 5 N–H and O–H groups in total.